The van der Waals surface area contributed by atoms with Crippen molar-refractivity contribution in [3.63, 3.8) is 0 Å². The Morgan fingerprint density at radius 2 is 0.932 bits per heavy atom. The van der Waals surface area contributed by atoms with Gasteiger partial charge in [-0.05, 0) is 42.2 Å². The molecule has 0 radical (unpaired) electrons. The van der Waals surface area contributed by atoms with E-state index < -0.39 is 145 Å². The monoisotopic (exact) mass is 1040 g/mol. The van der Waals surface area contributed by atoms with Gasteiger partial charge in [0.05, 0.1) is 25.2 Å². The van der Waals surface area contributed by atoms with Crippen molar-refractivity contribution in [2.75, 3.05) is 12.4 Å². The molecule has 24 heteroatoms. The Morgan fingerprint density at radius 1 is 0.534 bits per heavy atom. The Labute approximate surface area is 430 Å². The summed E-state index contributed by atoms with van der Waals surface area (Å²) >= 11 is 3.96. The minimum atomic E-state index is -1.74. The van der Waals surface area contributed by atoms with Gasteiger partial charge in [0.25, 0.3) is 0 Å². The molecule has 2 rings (SSSR count). The highest BCUT2D eigenvalue weighted by molar-refractivity contribution is 7.80. The zero-order chi connectivity index (χ0) is 55.1. The summed E-state index contributed by atoms with van der Waals surface area (Å²) in [6, 6.07) is 3.68. The molecule has 11 atom stereocenters. The van der Waals surface area contributed by atoms with Gasteiger partial charge in [-0.3, -0.25) is 43.2 Å². The second-order valence-corrected chi connectivity index (χ2v) is 18.9. The van der Waals surface area contributed by atoms with Crippen LogP contribution in [-0.4, -0.2) is 152 Å². The Kier molecular flexibility index (Phi) is 26.6. The number of amides is 8. The first kappa shape index (κ1) is 62.5. The number of carbonyl (C=O) groups excluding carboxylic acids is 8. The average Bonchev–Trinajstić information content (AvgIpc) is 3.33. The van der Waals surface area contributed by atoms with E-state index >= 15 is 0 Å². The number of aliphatic hydroxyl groups excluding tert-OH is 2. The fourth-order valence-corrected chi connectivity index (χ4v) is 7.47. The first-order valence-electron chi connectivity index (χ1n) is 23.9. The van der Waals surface area contributed by atoms with Crippen LogP contribution in [0.3, 0.4) is 0 Å². The minimum absolute atomic E-state index is 0.0484. The number of carboxylic acids is 2. The van der Waals surface area contributed by atoms with Crippen molar-refractivity contribution in [1.82, 2.24) is 42.5 Å². The number of aliphatic hydroxyl groups is 2. The molecule has 14 N–H and O–H groups in total. The van der Waals surface area contributed by atoms with E-state index in [0.717, 1.165) is 0 Å². The second kappa shape index (κ2) is 31.1. The molecule has 0 unspecified atom stereocenters. The van der Waals surface area contributed by atoms with Crippen LogP contribution in [0.5, 0.6) is 0 Å². The number of nitrogens with one attached hydrogen (secondary N) is 8. The first-order chi connectivity index (χ1) is 34.3. The molecule has 0 fully saturated rings. The molecule has 0 aromatic heterocycles. The molecule has 0 aliphatic rings. The van der Waals surface area contributed by atoms with Crippen LogP contribution in [0.2, 0.25) is 0 Å². The predicted octanol–water partition coefficient (Wildman–Crippen LogP) is -1.71. The van der Waals surface area contributed by atoms with Gasteiger partial charge >= 0.3 is 11.9 Å². The third kappa shape index (κ3) is 21.2. The quantitative estimate of drug-likeness (QED) is 0.0374. The zero-order valence-corrected chi connectivity index (χ0v) is 43.0. The first-order valence-corrected chi connectivity index (χ1v) is 24.6. The Hall–Kier alpha value is -6.63. The highest BCUT2D eigenvalue weighted by Crippen LogP contribution is 2.14. The van der Waals surface area contributed by atoms with Crippen molar-refractivity contribution >= 4 is 71.8 Å². The van der Waals surface area contributed by atoms with Gasteiger partial charge < -0.3 is 68.7 Å². The number of carboxylic acid groups (broad SMARTS) is 2. The van der Waals surface area contributed by atoms with E-state index in [1.54, 1.807) is 102 Å². The summed E-state index contributed by atoms with van der Waals surface area (Å²) < 4.78 is 0. The number of aliphatic carboxylic acids is 2. The van der Waals surface area contributed by atoms with Gasteiger partial charge in [-0.25, -0.2) is 4.79 Å². The second-order valence-electron chi connectivity index (χ2n) is 18.6. The van der Waals surface area contributed by atoms with Gasteiger partial charge in [0.2, 0.25) is 47.3 Å². The zero-order valence-electron chi connectivity index (χ0n) is 42.1. The van der Waals surface area contributed by atoms with Crippen molar-refractivity contribution in [3.8, 4) is 0 Å². The van der Waals surface area contributed by atoms with E-state index in [-0.39, 0.29) is 30.9 Å². The standard InChI is InChI=1S/C49H73N9O14S/c1-8-27(6)39(57-46(68)38(26(4)5)56-41(63)31(50)22-37(61)62)47(69)58-40(28(7)60)48(70)53-34(21-30-17-13-10-14-18-30)43(65)52-33(20-29-15-11-9-12-16-29)44(66)54-35(23-59)45(67)51-32(19-25(2)3)42(64)55-36(24-73)49(71)72/h9-18,25-28,31-36,38-40,59-60,73H,8,19-24,50H2,1-7H3,(H,51,67)(H,52,65)(H,53,70)(H,54,66)(H,55,64)(H,56,63)(H,57,68)(H,58,69)(H,61,62)(H,71,72)/t27-,28+,31-,32-,33-,34-,35-,36-,38-,39-,40-/m0/s1. The van der Waals surface area contributed by atoms with Crippen molar-refractivity contribution in [2.45, 2.75) is 141 Å². The van der Waals surface area contributed by atoms with Crippen molar-refractivity contribution in [2.24, 2.45) is 23.5 Å². The molecule has 0 spiro atoms. The molecule has 0 saturated carbocycles. The van der Waals surface area contributed by atoms with Crippen LogP contribution in [0.25, 0.3) is 0 Å². The van der Waals surface area contributed by atoms with Gasteiger partial charge in [0.1, 0.15) is 48.3 Å². The molecule has 8 amide bonds. The van der Waals surface area contributed by atoms with E-state index in [0.29, 0.717) is 17.5 Å². The average molecular weight is 1040 g/mol. The lowest BCUT2D eigenvalue weighted by atomic mass is 9.95. The number of nitrogens with two attached hydrogens (primary N) is 1. The van der Waals surface area contributed by atoms with Gasteiger partial charge in [-0.2, -0.15) is 12.6 Å². The lowest BCUT2D eigenvalue weighted by Crippen LogP contribution is -2.63. The maximum atomic E-state index is 14.4. The number of rotatable bonds is 31. The van der Waals surface area contributed by atoms with Crippen molar-refractivity contribution < 1.29 is 68.4 Å². The number of thiol groups is 1. The molecule has 0 saturated heterocycles. The third-order valence-corrected chi connectivity index (χ3v) is 12.0. The number of hydrogen-bond acceptors (Lipinski definition) is 14. The van der Waals surface area contributed by atoms with E-state index in [4.69, 9.17) is 10.8 Å². The minimum Gasteiger partial charge on any atom is -0.481 e. The molecule has 0 aliphatic carbocycles. The van der Waals surface area contributed by atoms with E-state index in [1.807, 2.05) is 0 Å². The van der Waals surface area contributed by atoms with Crippen LogP contribution in [0.1, 0.15) is 78.9 Å². The molecule has 2 aromatic rings. The van der Waals surface area contributed by atoms with Crippen LogP contribution in [0.15, 0.2) is 60.7 Å². The maximum Gasteiger partial charge on any atom is 0.327 e. The van der Waals surface area contributed by atoms with E-state index in [2.05, 4.69) is 55.2 Å². The van der Waals surface area contributed by atoms with Crippen LogP contribution in [0, 0.1) is 17.8 Å². The predicted molar refractivity (Wildman–Crippen MR) is 270 cm³/mol. The topological polar surface area (TPSA) is 374 Å². The van der Waals surface area contributed by atoms with Gasteiger partial charge in [0, 0.05) is 18.6 Å². The Balaban J connectivity index is 2.47. The van der Waals surface area contributed by atoms with Crippen LogP contribution in [-0.2, 0) is 60.8 Å². The summed E-state index contributed by atoms with van der Waals surface area (Å²) in [6.45, 7) is 10.3. The van der Waals surface area contributed by atoms with E-state index in [9.17, 15) is 63.3 Å². The Bertz CT molecular complexity index is 2190. The van der Waals surface area contributed by atoms with Crippen LogP contribution in [0.4, 0.5) is 0 Å². The SMILES string of the molecule is CC[C@H](C)[C@H](NC(=O)[C@@H](NC(=O)[C@@H](N)CC(=O)O)C(C)C)C(=O)N[C@H](C(=O)N[C@@H](Cc1ccccc1)C(=O)N[C@@H](Cc1ccccc1)C(=O)N[C@@H](CO)C(=O)N[C@@H](CC(C)C)C(=O)N[C@@H](CS)C(=O)O)[C@@H](C)O. The van der Waals surface area contributed by atoms with Gasteiger partial charge in [0.15, 0.2) is 0 Å². The highest BCUT2D eigenvalue weighted by Gasteiger charge is 2.38. The summed E-state index contributed by atoms with van der Waals surface area (Å²) in [6.07, 6.45) is -2.28. The normalized spacial score (nSPS) is 15.7. The van der Waals surface area contributed by atoms with Crippen molar-refractivity contribution in [3.05, 3.63) is 71.8 Å². The van der Waals surface area contributed by atoms with Crippen LogP contribution < -0.4 is 48.3 Å². The van der Waals surface area contributed by atoms with Gasteiger partial charge in [-0.15, -0.1) is 0 Å². The van der Waals surface area contributed by atoms with E-state index in [1.165, 1.54) is 6.92 Å². The fourth-order valence-electron chi connectivity index (χ4n) is 7.22. The molecule has 23 nitrogen and oxygen atoms in total. The Morgan fingerprint density at radius 3 is 1.36 bits per heavy atom. The number of benzene rings is 2. The summed E-state index contributed by atoms with van der Waals surface area (Å²) in [5.74, 6) is -11.7. The third-order valence-electron chi connectivity index (χ3n) is 11.6. The lowest BCUT2D eigenvalue weighted by Gasteiger charge is -2.31. The molecule has 404 valence electrons. The summed E-state index contributed by atoms with van der Waals surface area (Å²) in [7, 11) is 0. The summed E-state index contributed by atoms with van der Waals surface area (Å²) in [5.41, 5.74) is 6.80. The lowest BCUT2D eigenvalue weighted by molar-refractivity contribution is -0.142. The number of carbonyl (C=O) groups is 10. The molecule has 0 bridgehead atoms. The molecular formula is C49H73N9O14S. The highest BCUT2D eigenvalue weighted by atomic mass is 32.1. The number of hydrogen-bond donors (Lipinski definition) is 14. The van der Waals surface area contributed by atoms with Gasteiger partial charge in [-0.1, -0.05) is 109 Å². The molecule has 73 heavy (non-hydrogen) atoms. The van der Waals surface area contributed by atoms with Crippen LogP contribution >= 0.6 is 12.6 Å². The van der Waals surface area contributed by atoms with Crippen molar-refractivity contribution in [1.29, 1.82) is 0 Å². The molecule has 2 aromatic carbocycles. The largest absolute Gasteiger partial charge is 0.481 e. The molecule has 0 heterocycles. The molecular weight excluding hydrogens is 971 g/mol. The molecule has 0 aliphatic heterocycles. The summed E-state index contributed by atoms with van der Waals surface area (Å²) in [4.78, 5) is 133. The maximum absolute atomic E-state index is 14.4. The summed E-state index contributed by atoms with van der Waals surface area (Å²) in [5, 5.41) is 59.7. The smallest absolute Gasteiger partial charge is 0.327 e. The fraction of sp³-hybridized carbons (Fsp3) is 0.551.